The summed E-state index contributed by atoms with van der Waals surface area (Å²) in [6, 6.07) is 4.63. The average molecular weight is 330 g/mol. The molecular weight excluding hydrogens is 308 g/mol. The van der Waals surface area contributed by atoms with Crippen LogP contribution in [0.15, 0.2) is 23.1 Å². The van der Waals surface area contributed by atoms with E-state index < -0.39 is 10.0 Å². The van der Waals surface area contributed by atoms with Gasteiger partial charge in [-0.25, -0.2) is 13.1 Å². The number of ether oxygens (including phenoxy) is 3. The van der Waals surface area contributed by atoms with Crippen molar-refractivity contribution in [3.8, 4) is 11.5 Å². The average Bonchev–Trinajstić information content (AvgIpc) is 2.55. The van der Waals surface area contributed by atoms with Crippen LogP contribution in [0.25, 0.3) is 0 Å². The molecule has 0 bridgehead atoms. The van der Waals surface area contributed by atoms with Crippen molar-refractivity contribution < 1.29 is 22.6 Å². The van der Waals surface area contributed by atoms with Gasteiger partial charge < -0.3 is 14.2 Å². The Balaban J connectivity index is 2.00. The monoisotopic (exact) mass is 330 g/mol. The molecule has 0 atom stereocenters. The Kier molecular flexibility index (Phi) is 6.01. The van der Waals surface area contributed by atoms with Crippen LogP contribution in [0.4, 0.5) is 0 Å². The lowest BCUT2D eigenvalue weighted by Gasteiger charge is -2.26. The van der Waals surface area contributed by atoms with Crippen molar-refractivity contribution in [1.82, 2.24) is 9.62 Å². The first-order valence-corrected chi connectivity index (χ1v) is 8.57. The molecule has 1 N–H and O–H groups in total. The van der Waals surface area contributed by atoms with Gasteiger partial charge in [0.1, 0.15) is 16.4 Å². The highest BCUT2D eigenvalue weighted by molar-refractivity contribution is 7.89. The Hall–Kier alpha value is -1.35. The minimum absolute atomic E-state index is 0.109. The number of hydrogen-bond donors (Lipinski definition) is 1. The summed E-state index contributed by atoms with van der Waals surface area (Å²) in [5.74, 6) is 0.808. The molecule has 0 spiro atoms. The normalized spacial score (nSPS) is 16.5. The summed E-state index contributed by atoms with van der Waals surface area (Å²) in [5, 5.41) is 0. The number of methoxy groups -OCH3 is 2. The van der Waals surface area contributed by atoms with Crippen LogP contribution in [0.5, 0.6) is 11.5 Å². The lowest BCUT2D eigenvalue weighted by Crippen LogP contribution is -2.41. The molecule has 8 heteroatoms. The van der Waals surface area contributed by atoms with Gasteiger partial charge in [0.2, 0.25) is 10.0 Å². The molecule has 0 radical (unpaired) electrons. The first-order valence-electron chi connectivity index (χ1n) is 7.08. The van der Waals surface area contributed by atoms with E-state index in [0.29, 0.717) is 32.1 Å². The number of benzene rings is 1. The van der Waals surface area contributed by atoms with Crippen LogP contribution in [0, 0.1) is 0 Å². The topological polar surface area (TPSA) is 77.1 Å². The van der Waals surface area contributed by atoms with Crippen LogP contribution < -0.4 is 14.2 Å². The molecule has 2 rings (SSSR count). The predicted molar refractivity (Wildman–Crippen MR) is 82.0 cm³/mol. The molecule has 1 aliphatic heterocycles. The van der Waals surface area contributed by atoms with E-state index in [9.17, 15) is 8.42 Å². The Bertz CT molecular complexity index is 585. The van der Waals surface area contributed by atoms with E-state index in [4.69, 9.17) is 14.2 Å². The van der Waals surface area contributed by atoms with Gasteiger partial charge in [-0.05, 0) is 12.1 Å². The fraction of sp³-hybridized carbons (Fsp3) is 0.571. The smallest absolute Gasteiger partial charge is 0.244 e. The van der Waals surface area contributed by atoms with Crippen LogP contribution >= 0.6 is 0 Å². The third kappa shape index (κ3) is 4.33. The highest BCUT2D eigenvalue weighted by atomic mass is 32.2. The summed E-state index contributed by atoms with van der Waals surface area (Å²) >= 11 is 0. The second kappa shape index (κ2) is 7.77. The minimum atomic E-state index is -3.62. The van der Waals surface area contributed by atoms with Crippen molar-refractivity contribution >= 4 is 10.0 Å². The Morgan fingerprint density at radius 2 is 1.95 bits per heavy atom. The Morgan fingerprint density at radius 1 is 1.23 bits per heavy atom. The number of morpholine rings is 1. The standard InChI is InChI=1S/C14H22N2O5S/c1-19-12-3-4-14(13(11-12)20-2)22(17,18)15-5-6-16-7-9-21-10-8-16/h3-4,11,15H,5-10H2,1-2H3. The molecule has 1 aliphatic rings. The second-order valence-electron chi connectivity index (χ2n) is 4.87. The summed E-state index contributed by atoms with van der Waals surface area (Å²) in [6.45, 7) is 4.04. The van der Waals surface area contributed by atoms with Crippen LogP contribution in [0.1, 0.15) is 0 Å². The molecule has 124 valence electrons. The lowest BCUT2D eigenvalue weighted by atomic mass is 10.3. The summed E-state index contributed by atoms with van der Waals surface area (Å²) in [6.07, 6.45) is 0. The maximum atomic E-state index is 12.4. The number of nitrogens with zero attached hydrogens (tertiary/aromatic N) is 1. The number of rotatable bonds is 7. The molecule has 0 saturated carbocycles. The first-order chi connectivity index (χ1) is 10.6. The van der Waals surface area contributed by atoms with Gasteiger partial charge in [0, 0.05) is 32.2 Å². The molecule has 1 heterocycles. The van der Waals surface area contributed by atoms with Crippen LogP contribution in [-0.2, 0) is 14.8 Å². The van der Waals surface area contributed by atoms with Gasteiger partial charge in [-0.1, -0.05) is 0 Å². The lowest BCUT2D eigenvalue weighted by molar-refractivity contribution is 0.0390. The zero-order valence-corrected chi connectivity index (χ0v) is 13.7. The fourth-order valence-electron chi connectivity index (χ4n) is 2.24. The van der Waals surface area contributed by atoms with E-state index in [-0.39, 0.29) is 10.6 Å². The van der Waals surface area contributed by atoms with E-state index in [1.165, 1.54) is 20.3 Å². The van der Waals surface area contributed by atoms with Gasteiger partial charge >= 0.3 is 0 Å². The molecule has 0 unspecified atom stereocenters. The predicted octanol–water partition coefficient (Wildman–Crippen LogP) is 0.314. The minimum Gasteiger partial charge on any atom is -0.497 e. The summed E-state index contributed by atoms with van der Waals surface area (Å²) in [4.78, 5) is 2.27. The Morgan fingerprint density at radius 3 is 2.59 bits per heavy atom. The van der Waals surface area contributed by atoms with Crippen LogP contribution in [-0.4, -0.2) is 66.9 Å². The van der Waals surface area contributed by atoms with Crippen molar-refractivity contribution in [2.45, 2.75) is 4.90 Å². The van der Waals surface area contributed by atoms with Crippen LogP contribution in [0.2, 0.25) is 0 Å². The van der Waals surface area contributed by atoms with Gasteiger partial charge in [0.15, 0.2) is 0 Å². The summed E-state index contributed by atoms with van der Waals surface area (Å²) in [5.41, 5.74) is 0. The first kappa shape index (κ1) is 17.0. The molecule has 7 nitrogen and oxygen atoms in total. The summed E-state index contributed by atoms with van der Waals surface area (Å²) in [7, 11) is -0.668. The zero-order chi connectivity index (χ0) is 16.0. The molecule has 1 aromatic rings. The van der Waals surface area contributed by atoms with E-state index >= 15 is 0 Å². The molecule has 0 aliphatic carbocycles. The highest BCUT2D eigenvalue weighted by Crippen LogP contribution is 2.28. The van der Waals surface area contributed by atoms with Gasteiger partial charge in [0.25, 0.3) is 0 Å². The fourth-order valence-corrected chi connectivity index (χ4v) is 3.41. The highest BCUT2D eigenvalue weighted by Gasteiger charge is 2.20. The van der Waals surface area contributed by atoms with E-state index in [0.717, 1.165) is 13.1 Å². The molecule has 0 aromatic heterocycles. The van der Waals surface area contributed by atoms with E-state index in [1.807, 2.05) is 0 Å². The number of nitrogens with one attached hydrogen (secondary N) is 1. The number of hydrogen-bond acceptors (Lipinski definition) is 6. The quantitative estimate of drug-likeness (QED) is 0.776. The van der Waals surface area contributed by atoms with Crippen LogP contribution in [0.3, 0.4) is 0 Å². The summed E-state index contributed by atoms with van der Waals surface area (Å²) < 4.78 is 42.8. The van der Waals surface area contributed by atoms with Gasteiger partial charge in [-0.2, -0.15) is 0 Å². The molecule has 1 fully saturated rings. The van der Waals surface area contributed by atoms with Crippen molar-refractivity contribution in [3.63, 3.8) is 0 Å². The molecule has 22 heavy (non-hydrogen) atoms. The van der Waals surface area contributed by atoms with Crippen molar-refractivity contribution in [1.29, 1.82) is 0 Å². The second-order valence-corrected chi connectivity index (χ2v) is 6.60. The molecule has 1 aromatic carbocycles. The molecular formula is C14H22N2O5S. The third-order valence-electron chi connectivity index (χ3n) is 3.48. The van der Waals surface area contributed by atoms with Gasteiger partial charge in [-0.15, -0.1) is 0 Å². The number of sulfonamides is 1. The van der Waals surface area contributed by atoms with Crippen molar-refractivity contribution in [2.24, 2.45) is 0 Å². The van der Waals surface area contributed by atoms with Gasteiger partial charge in [-0.3, -0.25) is 4.90 Å². The van der Waals surface area contributed by atoms with Crippen molar-refractivity contribution in [3.05, 3.63) is 18.2 Å². The largest absolute Gasteiger partial charge is 0.497 e. The molecule has 1 saturated heterocycles. The maximum absolute atomic E-state index is 12.4. The van der Waals surface area contributed by atoms with Gasteiger partial charge in [0.05, 0.1) is 27.4 Å². The molecule has 0 amide bonds. The van der Waals surface area contributed by atoms with E-state index in [2.05, 4.69) is 9.62 Å². The third-order valence-corrected chi connectivity index (χ3v) is 4.98. The SMILES string of the molecule is COc1ccc(S(=O)(=O)NCCN2CCOCC2)c(OC)c1. The van der Waals surface area contributed by atoms with Crippen molar-refractivity contribution in [2.75, 3.05) is 53.6 Å². The maximum Gasteiger partial charge on any atom is 0.244 e. The Labute approximate surface area is 131 Å². The van der Waals surface area contributed by atoms with E-state index in [1.54, 1.807) is 12.1 Å². The zero-order valence-electron chi connectivity index (χ0n) is 12.9.